The van der Waals surface area contributed by atoms with Gasteiger partial charge >= 0.3 is 0 Å². The summed E-state index contributed by atoms with van der Waals surface area (Å²) in [5.41, 5.74) is 4.28. The van der Waals surface area contributed by atoms with Crippen LogP contribution in [0.4, 0.5) is 5.69 Å². The molecule has 0 spiro atoms. The predicted octanol–water partition coefficient (Wildman–Crippen LogP) is 4.29. The van der Waals surface area contributed by atoms with E-state index in [0.717, 1.165) is 24.3 Å². The minimum atomic E-state index is -0.0280. The van der Waals surface area contributed by atoms with Gasteiger partial charge in [0.2, 0.25) is 0 Å². The molecule has 0 fully saturated rings. The van der Waals surface area contributed by atoms with Crippen LogP contribution in [0.25, 0.3) is 0 Å². The van der Waals surface area contributed by atoms with Gasteiger partial charge in [-0.25, -0.2) is 0 Å². The molecule has 2 aromatic rings. The first kappa shape index (κ1) is 19.5. The van der Waals surface area contributed by atoms with Crippen molar-refractivity contribution in [1.29, 1.82) is 0 Å². The van der Waals surface area contributed by atoms with E-state index >= 15 is 0 Å². The van der Waals surface area contributed by atoms with Crippen molar-refractivity contribution in [2.45, 2.75) is 24.8 Å². The molecule has 2 N–H and O–H groups in total. The number of hydrogen-bond donors (Lipinski definition) is 2. The standard InChI is InChI=1S/C24H28N2O3/c1-28-14-4-13-25-24(27)17-9-12-22-21(15-17)19-5-3-6-20(19)23(26-22)16-7-10-18(29-2)11-8-16/h3,5,7-12,15,19-20,23,26H,4,6,13-14H2,1-2H3,(H,25,27). The summed E-state index contributed by atoms with van der Waals surface area (Å²) in [7, 11) is 3.36. The van der Waals surface area contributed by atoms with Gasteiger partial charge in [-0.15, -0.1) is 0 Å². The third-order valence-corrected chi connectivity index (χ3v) is 5.91. The van der Waals surface area contributed by atoms with Crippen LogP contribution in [0.3, 0.4) is 0 Å². The highest BCUT2D eigenvalue weighted by atomic mass is 16.5. The normalized spacial score (nSPS) is 21.8. The molecular formula is C24H28N2O3. The van der Waals surface area contributed by atoms with E-state index in [-0.39, 0.29) is 11.9 Å². The summed E-state index contributed by atoms with van der Waals surface area (Å²) < 4.78 is 10.3. The topological polar surface area (TPSA) is 59.6 Å². The molecule has 5 heteroatoms. The number of benzene rings is 2. The molecule has 1 aliphatic carbocycles. The van der Waals surface area contributed by atoms with Crippen LogP contribution < -0.4 is 15.4 Å². The average molecular weight is 392 g/mol. The van der Waals surface area contributed by atoms with Crippen molar-refractivity contribution in [2.75, 3.05) is 32.7 Å². The van der Waals surface area contributed by atoms with Crippen LogP contribution in [-0.4, -0.2) is 33.3 Å². The first-order valence-electron chi connectivity index (χ1n) is 10.2. The molecule has 4 rings (SSSR count). The van der Waals surface area contributed by atoms with E-state index in [9.17, 15) is 4.79 Å². The van der Waals surface area contributed by atoms with Gasteiger partial charge in [0.05, 0.1) is 13.2 Å². The van der Waals surface area contributed by atoms with Crippen molar-refractivity contribution in [3.8, 4) is 5.75 Å². The van der Waals surface area contributed by atoms with Gasteiger partial charge in [0, 0.05) is 37.4 Å². The minimum Gasteiger partial charge on any atom is -0.497 e. The van der Waals surface area contributed by atoms with Crippen LogP contribution in [0.2, 0.25) is 0 Å². The Morgan fingerprint density at radius 2 is 2.00 bits per heavy atom. The van der Waals surface area contributed by atoms with Crippen molar-refractivity contribution in [2.24, 2.45) is 5.92 Å². The van der Waals surface area contributed by atoms with E-state index in [0.29, 0.717) is 30.6 Å². The molecule has 0 saturated heterocycles. The summed E-state index contributed by atoms with van der Waals surface area (Å²) in [6.45, 7) is 1.27. The molecule has 3 unspecified atom stereocenters. The Morgan fingerprint density at radius 3 is 2.76 bits per heavy atom. The quantitative estimate of drug-likeness (QED) is 0.545. The number of allylic oxidation sites excluding steroid dienone is 2. The molecule has 2 aromatic carbocycles. The Labute approximate surface area is 172 Å². The number of amides is 1. The van der Waals surface area contributed by atoms with Gasteiger partial charge in [0.25, 0.3) is 5.91 Å². The van der Waals surface area contributed by atoms with Crippen LogP contribution in [0.15, 0.2) is 54.6 Å². The Morgan fingerprint density at radius 1 is 1.17 bits per heavy atom. The van der Waals surface area contributed by atoms with Gasteiger partial charge in [-0.3, -0.25) is 4.79 Å². The number of carbonyl (C=O) groups is 1. The first-order valence-corrected chi connectivity index (χ1v) is 10.2. The SMILES string of the molecule is COCCCNC(=O)c1ccc2c(c1)C1C=CCC1C(c1ccc(OC)cc1)N2. The smallest absolute Gasteiger partial charge is 0.251 e. The largest absolute Gasteiger partial charge is 0.497 e. The summed E-state index contributed by atoms with van der Waals surface area (Å²) in [5, 5.41) is 6.70. The van der Waals surface area contributed by atoms with Gasteiger partial charge in [0.15, 0.2) is 0 Å². The highest BCUT2D eigenvalue weighted by Gasteiger charge is 2.38. The third kappa shape index (κ3) is 4.01. The highest BCUT2D eigenvalue weighted by molar-refractivity contribution is 5.95. The van der Waals surface area contributed by atoms with Gasteiger partial charge in [-0.05, 0) is 60.2 Å². The van der Waals surface area contributed by atoms with Crippen LogP contribution >= 0.6 is 0 Å². The second-order valence-corrected chi connectivity index (χ2v) is 7.65. The van der Waals surface area contributed by atoms with Gasteiger partial charge < -0.3 is 20.1 Å². The van der Waals surface area contributed by atoms with E-state index < -0.39 is 0 Å². The zero-order valence-electron chi connectivity index (χ0n) is 17.0. The summed E-state index contributed by atoms with van der Waals surface area (Å²) in [6, 6.07) is 14.5. The zero-order valence-corrected chi connectivity index (χ0v) is 17.0. The molecule has 5 nitrogen and oxygen atoms in total. The average Bonchev–Trinajstić information content (AvgIpc) is 3.26. The number of hydrogen-bond acceptors (Lipinski definition) is 4. The Hall–Kier alpha value is -2.79. The fourth-order valence-electron chi connectivity index (χ4n) is 4.40. The van der Waals surface area contributed by atoms with Crippen LogP contribution in [0, 0.1) is 5.92 Å². The molecule has 152 valence electrons. The molecule has 0 bridgehead atoms. The number of ether oxygens (including phenoxy) is 2. The predicted molar refractivity (Wildman–Crippen MR) is 115 cm³/mol. The Balaban J connectivity index is 1.55. The molecule has 1 heterocycles. The fraction of sp³-hybridized carbons (Fsp3) is 0.375. The van der Waals surface area contributed by atoms with Crippen LogP contribution in [-0.2, 0) is 4.74 Å². The lowest BCUT2D eigenvalue weighted by Gasteiger charge is -2.37. The zero-order chi connectivity index (χ0) is 20.2. The number of rotatable bonds is 7. The molecule has 0 saturated carbocycles. The van der Waals surface area contributed by atoms with Gasteiger partial charge in [0.1, 0.15) is 5.75 Å². The molecule has 3 atom stereocenters. The second kappa shape index (κ2) is 8.70. The number of nitrogens with one attached hydrogen (secondary N) is 2. The number of methoxy groups -OCH3 is 2. The van der Waals surface area contributed by atoms with E-state index in [1.807, 2.05) is 30.3 Å². The summed E-state index contributed by atoms with van der Waals surface area (Å²) in [5.74, 6) is 1.60. The number of anilines is 1. The van der Waals surface area contributed by atoms with Gasteiger partial charge in [-0.2, -0.15) is 0 Å². The summed E-state index contributed by atoms with van der Waals surface area (Å²) in [6.07, 6.45) is 6.40. The highest BCUT2D eigenvalue weighted by Crippen LogP contribution is 2.50. The maximum atomic E-state index is 12.5. The lowest BCUT2D eigenvalue weighted by molar-refractivity contribution is 0.0948. The Kier molecular flexibility index (Phi) is 5.86. The van der Waals surface area contributed by atoms with E-state index in [1.54, 1.807) is 14.2 Å². The van der Waals surface area contributed by atoms with Crippen molar-refractivity contribution in [3.05, 3.63) is 71.3 Å². The summed E-state index contributed by atoms with van der Waals surface area (Å²) in [4.78, 5) is 12.5. The molecule has 2 aliphatic rings. The lowest BCUT2D eigenvalue weighted by Crippen LogP contribution is -2.30. The Bertz CT molecular complexity index is 891. The molecule has 1 amide bonds. The molecule has 29 heavy (non-hydrogen) atoms. The van der Waals surface area contributed by atoms with Crippen molar-refractivity contribution >= 4 is 11.6 Å². The number of fused-ring (bicyclic) bond motifs is 3. The third-order valence-electron chi connectivity index (χ3n) is 5.91. The van der Waals surface area contributed by atoms with Crippen LogP contribution in [0.1, 0.15) is 46.3 Å². The summed E-state index contributed by atoms with van der Waals surface area (Å²) >= 11 is 0. The molecular weight excluding hydrogens is 364 g/mol. The van der Waals surface area contributed by atoms with Gasteiger partial charge in [-0.1, -0.05) is 24.3 Å². The first-order chi connectivity index (χ1) is 14.2. The maximum absolute atomic E-state index is 12.5. The molecule has 1 aliphatic heterocycles. The second-order valence-electron chi connectivity index (χ2n) is 7.65. The van der Waals surface area contributed by atoms with Crippen molar-refractivity contribution in [1.82, 2.24) is 5.32 Å². The lowest BCUT2D eigenvalue weighted by atomic mass is 9.76. The fourth-order valence-corrected chi connectivity index (χ4v) is 4.40. The monoisotopic (exact) mass is 392 g/mol. The van der Waals surface area contributed by atoms with E-state index in [1.165, 1.54) is 11.1 Å². The van der Waals surface area contributed by atoms with Crippen molar-refractivity contribution < 1.29 is 14.3 Å². The molecule has 0 radical (unpaired) electrons. The number of carbonyl (C=O) groups excluding carboxylic acids is 1. The minimum absolute atomic E-state index is 0.0280. The van der Waals surface area contributed by atoms with Crippen LogP contribution in [0.5, 0.6) is 5.75 Å². The van der Waals surface area contributed by atoms with E-state index in [2.05, 4.69) is 34.9 Å². The van der Waals surface area contributed by atoms with E-state index in [4.69, 9.17) is 9.47 Å². The van der Waals surface area contributed by atoms with Crippen molar-refractivity contribution in [3.63, 3.8) is 0 Å². The molecule has 0 aromatic heterocycles. The maximum Gasteiger partial charge on any atom is 0.251 e.